The van der Waals surface area contributed by atoms with Gasteiger partial charge in [0.15, 0.2) is 11.5 Å². The maximum Gasteiger partial charge on any atom is 0.165 e. The zero-order valence-corrected chi connectivity index (χ0v) is 13.0. The van der Waals surface area contributed by atoms with Crippen molar-refractivity contribution < 1.29 is 14.6 Å². The number of likely N-dealkylation sites (tertiary alicyclic amines) is 1. The van der Waals surface area contributed by atoms with Crippen LogP contribution in [-0.4, -0.2) is 49.0 Å². The molecule has 2 aliphatic carbocycles. The van der Waals surface area contributed by atoms with Crippen molar-refractivity contribution in [3.05, 3.63) is 35.4 Å². The van der Waals surface area contributed by atoms with Crippen LogP contribution >= 0.6 is 0 Å². The summed E-state index contributed by atoms with van der Waals surface area (Å²) in [6, 6.07) is 4.70. The van der Waals surface area contributed by atoms with Gasteiger partial charge in [-0.15, -0.1) is 0 Å². The number of methoxy groups -OCH3 is 1. The van der Waals surface area contributed by atoms with E-state index < -0.39 is 6.10 Å². The average molecular weight is 299 g/mol. The Kier molecular flexibility index (Phi) is 2.39. The molecule has 3 unspecified atom stereocenters. The molecule has 22 heavy (non-hydrogen) atoms. The molecule has 4 heteroatoms. The Morgan fingerprint density at radius 3 is 3.05 bits per heavy atom. The van der Waals surface area contributed by atoms with Gasteiger partial charge in [0.2, 0.25) is 0 Å². The first kappa shape index (κ1) is 13.0. The predicted molar refractivity (Wildman–Crippen MR) is 82.5 cm³/mol. The monoisotopic (exact) mass is 299 g/mol. The van der Waals surface area contributed by atoms with Gasteiger partial charge >= 0.3 is 0 Å². The van der Waals surface area contributed by atoms with Gasteiger partial charge in [-0.2, -0.15) is 0 Å². The summed E-state index contributed by atoms with van der Waals surface area (Å²) < 4.78 is 11.8. The van der Waals surface area contributed by atoms with Gasteiger partial charge in [0.05, 0.1) is 7.11 Å². The summed E-state index contributed by atoms with van der Waals surface area (Å²) in [5, 5.41) is 10.6. The molecule has 0 aromatic heterocycles. The van der Waals surface area contributed by atoms with Gasteiger partial charge in [-0.05, 0) is 38.1 Å². The number of rotatable bonds is 1. The molecule has 5 atom stereocenters. The van der Waals surface area contributed by atoms with Gasteiger partial charge in [-0.3, -0.25) is 0 Å². The molecule has 4 aliphatic rings. The molecule has 1 N–H and O–H groups in total. The standard InChI is InChI=1S/C18H21NO3/c1-19-8-7-18-11-4-5-13(20)17(18)22-16-14(21-2)6-3-10(15(16)18)9-12(11)19/h3-6,11-13,17,20H,7-9H2,1-2H3/t11?,12?,13-,17?,18+/m0/s1. The highest BCUT2D eigenvalue weighted by molar-refractivity contribution is 5.62. The normalized spacial score (nSPS) is 41.0. The minimum absolute atomic E-state index is 0.0806. The van der Waals surface area contributed by atoms with E-state index in [4.69, 9.17) is 9.47 Å². The number of likely N-dealkylation sites (N-methyl/N-ethyl adjacent to an activating group) is 1. The fourth-order valence-electron chi connectivity index (χ4n) is 5.39. The molecule has 1 spiro atoms. The molecule has 0 radical (unpaired) electrons. The lowest BCUT2D eigenvalue weighted by Gasteiger charge is -2.56. The van der Waals surface area contributed by atoms with Gasteiger partial charge in [0.25, 0.3) is 0 Å². The Morgan fingerprint density at radius 1 is 1.36 bits per heavy atom. The van der Waals surface area contributed by atoms with E-state index >= 15 is 0 Å². The molecule has 1 saturated heterocycles. The van der Waals surface area contributed by atoms with Crippen molar-refractivity contribution in [3.8, 4) is 11.5 Å². The fourth-order valence-corrected chi connectivity index (χ4v) is 5.39. The van der Waals surface area contributed by atoms with E-state index in [0.29, 0.717) is 12.0 Å². The Balaban J connectivity index is 1.82. The molecule has 2 aliphatic heterocycles. The van der Waals surface area contributed by atoms with Crippen LogP contribution in [0.1, 0.15) is 17.5 Å². The van der Waals surface area contributed by atoms with Crippen LogP contribution in [0.2, 0.25) is 0 Å². The SMILES string of the molecule is COc1ccc2c3c1OC1[C@@H](O)C=CC4C(C2)N(C)CC[C@]341. The topological polar surface area (TPSA) is 41.9 Å². The van der Waals surface area contributed by atoms with E-state index in [1.807, 2.05) is 12.1 Å². The number of aliphatic hydroxyl groups excluding tert-OH is 1. The third kappa shape index (κ3) is 1.28. The highest BCUT2D eigenvalue weighted by atomic mass is 16.5. The Morgan fingerprint density at radius 2 is 2.23 bits per heavy atom. The molecule has 0 saturated carbocycles. The quantitative estimate of drug-likeness (QED) is 0.798. The largest absolute Gasteiger partial charge is 0.493 e. The molecule has 0 amide bonds. The Labute approximate surface area is 130 Å². The average Bonchev–Trinajstić information content (AvgIpc) is 2.88. The van der Waals surface area contributed by atoms with Gasteiger partial charge in [0, 0.05) is 22.9 Å². The van der Waals surface area contributed by atoms with Gasteiger partial charge < -0.3 is 19.5 Å². The molecule has 2 bridgehead atoms. The van der Waals surface area contributed by atoms with Crippen LogP contribution in [0.5, 0.6) is 11.5 Å². The van der Waals surface area contributed by atoms with Crippen LogP contribution in [0.3, 0.4) is 0 Å². The summed E-state index contributed by atoms with van der Waals surface area (Å²) in [5.74, 6) is 2.09. The zero-order valence-electron chi connectivity index (χ0n) is 13.0. The number of benzene rings is 1. The molecule has 2 heterocycles. The second-order valence-corrected chi connectivity index (χ2v) is 7.11. The second kappa shape index (κ2) is 4.06. The number of ether oxygens (including phenoxy) is 2. The van der Waals surface area contributed by atoms with E-state index in [-0.39, 0.29) is 11.5 Å². The van der Waals surface area contributed by atoms with Gasteiger partial charge in [0.1, 0.15) is 12.2 Å². The van der Waals surface area contributed by atoms with Crippen LogP contribution in [0.15, 0.2) is 24.3 Å². The maximum atomic E-state index is 10.6. The molecule has 1 aromatic rings. The molecular weight excluding hydrogens is 278 g/mol. The Hall–Kier alpha value is -1.52. The van der Waals surface area contributed by atoms with Gasteiger partial charge in [-0.25, -0.2) is 0 Å². The first-order valence-corrected chi connectivity index (χ1v) is 8.10. The minimum Gasteiger partial charge on any atom is -0.493 e. The second-order valence-electron chi connectivity index (χ2n) is 7.11. The van der Waals surface area contributed by atoms with E-state index in [0.717, 1.165) is 30.9 Å². The van der Waals surface area contributed by atoms with Gasteiger partial charge in [-0.1, -0.05) is 18.2 Å². The van der Waals surface area contributed by atoms with Crippen LogP contribution in [0, 0.1) is 5.92 Å². The van der Waals surface area contributed by atoms with Crippen LogP contribution in [0.4, 0.5) is 0 Å². The molecule has 1 fully saturated rings. The number of aliphatic hydroxyl groups is 1. The summed E-state index contributed by atoms with van der Waals surface area (Å²) in [5.41, 5.74) is 2.60. The number of nitrogens with zero attached hydrogens (tertiary/aromatic N) is 1. The first-order chi connectivity index (χ1) is 10.7. The van der Waals surface area contributed by atoms with E-state index in [1.54, 1.807) is 7.11 Å². The van der Waals surface area contributed by atoms with Crippen molar-refractivity contribution in [2.75, 3.05) is 20.7 Å². The van der Waals surface area contributed by atoms with Crippen LogP contribution < -0.4 is 9.47 Å². The molecule has 1 aromatic carbocycles. The molecular formula is C18H21NO3. The minimum atomic E-state index is -0.539. The highest BCUT2D eigenvalue weighted by Gasteiger charge is 2.64. The van der Waals surface area contributed by atoms with Crippen LogP contribution in [-0.2, 0) is 11.8 Å². The zero-order chi connectivity index (χ0) is 15.1. The molecule has 5 rings (SSSR count). The summed E-state index contributed by atoms with van der Waals surface area (Å²) in [7, 11) is 3.91. The first-order valence-electron chi connectivity index (χ1n) is 8.10. The van der Waals surface area contributed by atoms with Crippen molar-refractivity contribution in [2.45, 2.75) is 36.5 Å². The lowest BCUT2D eigenvalue weighted by Crippen LogP contribution is -2.64. The summed E-state index contributed by atoms with van der Waals surface area (Å²) in [6.07, 6.45) is 5.54. The smallest absolute Gasteiger partial charge is 0.165 e. The van der Waals surface area contributed by atoms with Crippen molar-refractivity contribution in [3.63, 3.8) is 0 Å². The summed E-state index contributed by atoms with van der Waals surface area (Å²) in [4.78, 5) is 2.47. The maximum absolute atomic E-state index is 10.6. The predicted octanol–water partition coefficient (Wildman–Crippen LogP) is 1.50. The van der Waals surface area contributed by atoms with Crippen molar-refractivity contribution in [1.82, 2.24) is 4.90 Å². The summed E-state index contributed by atoms with van der Waals surface area (Å²) in [6.45, 7) is 1.05. The van der Waals surface area contributed by atoms with Crippen molar-refractivity contribution >= 4 is 0 Å². The molecule has 4 nitrogen and oxygen atoms in total. The number of hydrogen-bond acceptors (Lipinski definition) is 4. The third-order valence-corrected chi connectivity index (χ3v) is 6.35. The Bertz CT molecular complexity index is 685. The fraction of sp³-hybridized carbons (Fsp3) is 0.556. The lowest BCUT2D eigenvalue weighted by atomic mass is 9.53. The number of hydrogen-bond donors (Lipinski definition) is 1. The van der Waals surface area contributed by atoms with E-state index in [2.05, 4.69) is 24.1 Å². The van der Waals surface area contributed by atoms with Crippen LogP contribution in [0.25, 0.3) is 0 Å². The van der Waals surface area contributed by atoms with E-state index in [9.17, 15) is 5.11 Å². The third-order valence-electron chi connectivity index (χ3n) is 6.35. The summed E-state index contributed by atoms with van der Waals surface area (Å²) >= 11 is 0. The highest BCUT2D eigenvalue weighted by Crippen LogP contribution is 2.62. The lowest BCUT2D eigenvalue weighted by molar-refractivity contribution is -0.0453. The van der Waals surface area contributed by atoms with Crippen molar-refractivity contribution in [2.24, 2.45) is 5.92 Å². The van der Waals surface area contributed by atoms with Crippen molar-refractivity contribution in [1.29, 1.82) is 0 Å². The number of piperidine rings is 1. The van der Waals surface area contributed by atoms with E-state index in [1.165, 1.54) is 11.1 Å². The molecule has 116 valence electrons.